The topological polar surface area (TPSA) is 52.3 Å². The van der Waals surface area contributed by atoms with E-state index in [0.29, 0.717) is 10.6 Å². The van der Waals surface area contributed by atoms with Crippen molar-refractivity contribution in [3.8, 4) is 0 Å². The van der Waals surface area contributed by atoms with Crippen LogP contribution in [0.5, 0.6) is 0 Å². The van der Waals surface area contributed by atoms with Gasteiger partial charge in [-0.15, -0.1) is 11.3 Å². The maximum absolute atomic E-state index is 11.5. The number of halogens is 1. The van der Waals surface area contributed by atoms with Crippen molar-refractivity contribution in [1.82, 2.24) is 0 Å². The van der Waals surface area contributed by atoms with Crippen LogP contribution in [0.4, 0.5) is 5.69 Å². The number of aryl methyl sites for hydroxylation is 1. The Balaban J connectivity index is 2.73. The number of ether oxygens (including phenoxy) is 1. The first-order valence-corrected chi connectivity index (χ1v) is 6.22. The highest BCUT2D eigenvalue weighted by molar-refractivity contribution is 9.10. The second-order valence-corrected chi connectivity index (χ2v) is 5.34. The Morgan fingerprint density at radius 1 is 1.50 bits per heavy atom. The molecule has 0 aliphatic rings. The molecule has 2 aromatic rings. The van der Waals surface area contributed by atoms with E-state index in [1.807, 2.05) is 19.1 Å². The van der Waals surface area contributed by atoms with Crippen LogP contribution in [0, 0.1) is 6.92 Å². The van der Waals surface area contributed by atoms with E-state index in [9.17, 15) is 4.79 Å². The highest BCUT2D eigenvalue weighted by atomic mass is 79.9. The van der Waals surface area contributed by atoms with Gasteiger partial charge in [-0.1, -0.05) is 15.9 Å². The molecule has 5 heteroatoms. The summed E-state index contributed by atoms with van der Waals surface area (Å²) in [7, 11) is 1.35. The number of hydrogen-bond donors (Lipinski definition) is 1. The van der Waals surface area contributed by atoms with E-state index in [-0.39, 0.29) is 5.97 Å². The summed E-state index contributed by atoms with van der Waals surface area (Å²) in [5.74, 6) is -0.382. The lowest BCUT2D eigenvalue weighted by molar-refractivity contribution is 0.0607. The molecule has 1 aromatic carbocycles. The minimum atomic E-state index is -0.382. The van der Waals surface area contributed by atoms with E-state index in [1.54, 1.807) is 0 Å². The standard InChI is InChI=1S/C11H10BrNO2S/c1-5-3-6-8(4-7(5)12)16-10(9(6)13)11(14)15-2/h3-4H,13H2,1-2H3. The van der Waals surface area contributed by atoms with Gasteiger partial charge in [0.2, 0.25) is 0 Å². The van der Waals surface area contributed by atoms with Gasteiger partial charge in [0, 0.05) is 14.6 Å². The summed E-state index contributed by atoms with van der Waals surface area (Å²) in [6.45, 7) is 1.98. The number of fused-ring (bicyclic) bond motifs is 1. The molecule has 0 aliphatic heterocycles. The van der Waals surface area contributed by atoms with Crippen LogP contribution in [0.1, 0.15) is 15.2 Å². The van der Waals surface area contributed by atoms with Crippen LogP contribution in [0.25, 0.3) is 10.1 Å². The van der Waals surface area contributed by atoms with Crippen LogP contribution in [-0.2, 0) is 4.74 Å². The molecule has 0 bridgehead atoms. The number of nitrogens with two attached hydrogens (primary N) is 1. The van der Waals surface area contributed by atoms with Gasteiger partial charge in [0.25, 0.3) is 0 Å². The fraction of sp³-hybridized carbons (Fsp3) is 0.182. The van der Waals surface area contributed by atoms with Crippen LogP contribution in [0.15, 0.2) is 16.6 Å². The van der Waals surface area contributed by atoms with Crippen molar-refractivity contribution in [3.05, 3.63) is 27.0 Å². The van der Waals surface area contributed by atoms with Gasteiger partial charge in [0.05, 0.1) is 12.8 Å². The predicted octanol–water partition coefficient (Wildman–Crippen LogP) is 3.34. The normalized spacial score (nSPS) is 10.7. The SMILES string of the molecule is COC(=O)c1sc2cc(Br)c(C)cc2c1N. The zero-order valence-electron chi connectivity index (χ0n) is 8.83. The number of carbonyl (C=O) groups is 1. The number of anilines is 1. The minimum absolute atomic E-state index is 0.382. The Bertz CT molecular complexity index is 577. The highest BCUT2D eigenvalue weighted by Crippen LogP contribution is 2.36. The lowest BCUT2D eigenvalue weighted by Gasteiger charge is -1.98. The number of nitrogen functional groups attached to an aromatic ring is 1. The fourth-order valence-electron chi connectivity index (χ4n) is 1.49. The van der Waals surface area contributed by atoms with Crippen molar-refractivity contribution in [1.29, 1.82) is 0 Å². The van der Waals surface area contributed by atoms with Crippen LogP contribution in [0.3, 0.4) is 0 Å². The van der Waals surface area contributed by atoms with Crippen molar-refractivity contribution >= 4 is 49.0 Å². The van der Waals surface area contributed by atoms with Crippen molar-refractivity contribution in [2.45, 2.75) is 6.92 Å². The summed E-state index contributed by atoms with van der Waals surface area (Å²) in [4.78, 5) is 11.9. The van der Waals surface area contributed by atoms with E-state index in [0.717, 1.165) is 20.1 Å². The van der Waals surface area contributed by atoms with Crippen LogP contribution < -0.4 is 5.73 Å². The summed E-state index contributed by atoms with van der Waals surface area (Å²) >= 11 is 4.80. The van der Waals surface area contributed by atoms with Crippen molar-refractivity contribution in [3.63, 3.8) is 0 Å². The first-order chi connectivity index (χ1) is 7.54. The molecule has 0 amide bonds. The minimum Gasteiger partial charge on any atom is -0.465 e. The van der Waals surface area contributed by atoms with E-state index in [1.165, 1.54) is 18.4 Å². The summed E-state index contributed by atoms with van der Waals surface area (Å²) in [6, 6.07) is 3.94. The van der Waals surface area contributed by atoms with E-state index < -0.39 is 0 Å². The first-order valence-electron chi connectivity index (χ1n) is 4.61. The van der Waals surface area contributed by atoms with Crippen LogP contribution in [-0.4, -0.2) is 13.1 Å². The lowest BCUT2D eigenvalue weighted by atomic mass is 10.1. The quantitative estimate of drug-likeness (QED) is 0.822. The number of carbonyl (C=O) groups excluding carboxylic acids is 1. The molecule has 0 atom stereocenters. The number of methoxy groups -OCH3 is 1. The average molecular weight is 300 g/mol. The molecule has 0 fully saturated rings. The molecule has 0 unspecified atom stereocenters. The molecular weight excluding hydrogens is 290 g/mol. The Hall–Kier alpha value is -1.07. The largest absolute Gasteiger partial charge is 0.465 e. The fourth-order valence-corrected chi connectivity index (χ4v) is 3.05. The van der Waals surface area contributed by atoms with Crippen molar-refractivity contribution in [2.75, 3.05) is 12.8 Å². The van der Waals surface area contributed by atoms with Gasteiger partial charge in [-0.05, 0) is 24.6 Å². The molecule has 2 N–H and O–H groups in total. The molecule has 84 valence electrons. The number of rotatable bonds is 1. The molecule has 0 spiro atoms. The van der Waals surface area contributed by atoms with E-state index >= 15 is 0 Å². The number of hydrogen-bond acceptors (Lipinski definition) is 4. The molecular formula is C11H10BrNO2S. The Kier molecular flexibility index (Phi) is 2.90. The zero-order valence-corrected chi connectivity index (χ0v) is 11.2. The predicted molar refractivity (Wildman–Crippen MR) is 70.0 cm³/mol. The van der Waals surface area contributed by atoms with Gasteiger partial charge >= 0.3 is 5.97 Å². The number of benzene rings is 1. The molecule has 0 aliphatic carbocycles. The molecule has 0 saturated carbocycles. The molecule has 0 saturated heterocycles. The maximum atomic E-state index is 11.5. The highest BCUT2D eigenvalue weighted by Gasteiger charge is 2.17. The Labute approximate surface area is 105 Å². The summed E-state index contributed by atoms with van der Waals surface area (Å²) < 4.78 is 6.68. The summed E-state index contributed by atoms with van der Waals surface area (Å²) in [5.41, 5.74) is 7.52. The Morgan fingerprint density at radius 2 is 2.19 bits per heavy atom. The van der Waals surface area contributed by atoms with Crippen LogP contribution in [0.2, 0.25) is 0 Å². The molecule has 2 rings (SSSR count). The molecule has 3 nitrogen and oxygen atoms in total. The lowest BCUT2D eigenvalue weighted by Crippen LogP contribution is -2.01. The smallest absolute Gasteiger partial charge is 0.350 e. The van der Waals surface area contributed by atoms with Crippen molar-refractivity contribution in [2.24, 2.45) is 0 Å². The Morgan fingerprint density at radius 3 is 2.81 bits per heavy atom. The van der Waals surface area contributed by atoms with Gasteiger partial charge in [-0.2, -0.15) is 0 Å². The van der Waals surface area contributed by atoms with Gasteiger partial charge in [-0.3, -0.25) is 0 Å². The number of esters is 1. The molecule has 1 heterocycles. The maximum Gasteiger partial charge on any atom is 0.350 e. The third-order valence-electron chi connectivity index (χ3n) is 2.38. The third kappa shape index (κ3) is 1.70. The second-order valence-electron chi connectivity index (χ2n) is 3.43. The third-order valence-corrected chi connectivity index (χ3v) is 4.38. The summed E-state index contributed by atoms with van der Waals surface area (Å²) in [6.07, 6.45) is 0. The second kappa shape index (κ2) is 4.07. The summed E-state index contributed by atoms with van der Waals surface area (Å²) in [5, 5.41) is 0.908. The van der Waals surface area contributed by atoms with E-state index in [4.69, 9.17) is 5.73 Å². The van der Waals surface area contributed by atoms with Gasteiger partial charge in [-0.25, -0.2) is 4.79 Å². The molecule has 1 aromatic heterocycles. The first kappa shape index (κ1) is 11.4. The van der Waals surface area contributed by atoms with Crippen LogP contribution >= 0.6 is 27.3 Å². The van der Waals surface area contributed by atoms with Gasteiger partial charge in [0.15, 0.2) is 0 Å². The molecule has 16 heavy (non-hydrogen) atoms. The van der Waals surface area contributed by atoms with E-state index in [2.05, 4.69) is 20.7 Å². The number of thiophene rings is 1. The van der Waals surface area contributed by atoms with Gasteiger partial charge in [0.1, 0.15) is 4.88 Å². The molecule has 0 radical (unpaired) electrons. The van der Waals surface area contributed by atoms with Gasteiger partial charge < -0.3 is 10.5 Å². The van der Waals surface area contributed by atoms with Crippen molar-refractivity contribution < 1.29 is 9.53 Å². The average Bonchev–Trinajstić information content (AvgIpc) is 2.56. The zero-order chi connectivity index (χ0) is 11.9. The monoisotopic (exact) mass is 299 g/mol.